The van der Waals surface area contributed by atoms with Crippen molar-refractivity contribution in [2.75, 3.05) is 13.2 Å². The van der Waals surface area contributed by atoms with E-state index in [0.29, 0.717) is 13.2 Å². The Morgan fingerprint density at radius 2 is 1.97 bits per heavy atom. The van der Waals surface area contributed by atoms with Gasteiger partial charge in [-0.3, -0.25) is 4.79 Å². The Bertz CT molecular complexity index is 747. The first-order chi connectivity index (χ1) is 13.3. The third kappa shape index (κ3) is 5.86. The minimum Gasteiger partial charge on any atom is -0.465 e. The van der Waals surface area contributed by atoms with E-state index in [1.807, 2.05) is 19.1 Å². The molecule has 2 rings (SSSR count). The molecule has 5 nitrogen and oxygen atoms in total. The molecule has 0 spiro atoms. The van der Waals surface area contributed by atoms with Crippen molar-refractivity contribution in [3.63, 3.8) is 0 Å². The number of amides is 1. The van der Waals surface area contributed by atoms with Gasteiger partial charge in [0.25, 0.3) is 0 Å². The number of likely N-dealkylation sites (tertiary alicyclic amines) is 1. The number of carbonyl (C=O) groups excluding carboxylic acids is 1. The second-order valence-corrected chi connectivity index (χ2v) is 15.6. The molecule has 0 bridgehead atoms. The van der Waals surface area contributed by atoms with Gasteiger partial charge in [0, 0.05) is 36.9 Å². The van der Waals surface area contributed by atoms with Crippen molar-refractivity contribution in [2.24, 2.45) is 5.92 Å². The summed E-state index contributed by atoms with van der Waals surface area (Å²) in [7, 11) is -1.95. The smallest absolute Gasteiger partial charge is 0.407 e. The number of rotatable bonds is 5. The summed E-state index contributed by atoms with van der Waals surface area (Å²) in [5, 5.41) is 9.80. The number of hydrogen-bond donors (Lipinski definition) is 1. The normalized spacial score (nSPS) is 23.1. The minimum absolute atomic E-state index is 0.0639. The molecule has 162 valence electrons. The molecule has 1 aliphatic heterocycles. The van der Waals surface area contributed by atoms with Crippen LogP contribution in [0.1, 0.15) is 52.5 Å². The van der Waals surface area contributed by atoms with E-state index in [9.17, 15) is 14.7 Å². The molecule has 1 saturated heterocycles. The maximum atomic E-state index is 11.7. The Morgan fingerprint density at radius 3 is 2.52 bits per heavy atom. The lowest BCUT2D eigenvalue weighted by Gasteiger charge is -2.45. The van der Waals surface area contributed by atoms with Gasteiger partial charge in [-0.1, -0.05) is 44.7 Å². The van der Waals surface area contributed by atoms with E-state index < -0.39 is 14.4 Å². The first-order valence-electron chi connectivity index (χ1n) is 10.3. The second kappa shape index (κ2) is 9.23. The summed E-state index contributed by atoms with van der Waals surface area (Å²) in [6, 6.07) is 7.99. The summed E-state index contributed by atoms with van der Waals surface area (Å²) >= 11 is 1.24. The van der Waals surface area contributed by atoms with E-state index in [4.69, 9.17) is 4.43 Å². The van der Waals surface area contributed by atoms with E-state index >= 15 is 0 Å². The number of nitrogens with zero attached hydrogens (tertiary/aromatic N) is 1. The molecule has 7 heteroatoms. The van der Waals surface area contributed by atoms with Gasteiger partial charge < -0.3 is 14.4 Å². The highest BCUT2D eigenvalue weighted by Crippen LogP contribution is 2.41. The van der Waals surface area contributed by atoms with Gasteiger partial charge in [0.15, 0.2) is 13.4 Å². The molecule has 0 saturated carbocycles. The highest BCUT2D eigenvalue weighted by atomic mass is 32.2. The van der Waals surface area contributed by atoms with E-state index in [1.54, 1.807) is 11.8 Å². The van der Waals surface area contributed by atoms with Gasteiger partial charge >= 0.3 is 6.09 Å². The number of benzene rings is 1. The fraction of sp³-hybridized carbons (Fsp3) is 0.636. The Kier molecular flexibility index (Phi) is 7.62. The molecule has 1 aromatic carbocycles. The third-order valence-electron chi connectivity index (χ3n) is 6.55. The average Bonchev–Trinajstić information content (AvgIpc) is 2.58. The highest BCUT2D eigenvalue weighted by molar-refractivity contribution is 8.13. The molecule has 1 amide bonds. The predicted molar refractivity (Wildman–Crippen MR) is 121 cm³/mol. The monoisotopic (exact) mass is 437 g/mol. The van der Waals surface area contributed by atoms with Crippen molar-refractivity contribution in [2.45, 2.75) is 76.0 Å². The molecule has 1 aromatic rings. The molecule has 1 unspecified atom stereocenters. The standard InChI is InChI=1S/C22H35NO4SSi/c1-15-20(14-27-29(6,7)22(3,4)5)19(11-12-23(15)21(25)26)17-9-8-10-18(13-17)28-16(2)24/h8-10,13,15,19-20H,11-12,14H2,1-7H3,(H,25,26)/t15-,19?,20-/m1/s1. The fourth-order valence-corrected chi connectivity index (χ4v) is 5.41. The lowest BCUT2D eigenvalue weighted by molar-refractivity contribution is -0.109. The van der Waals surface area contributed by atoms with Crippen LogP contribution in [0, 0.1) is 5.92 Å². The van der Waals surface area contributed by atoms with Crippen molar-refractivity contribution in [1.29, 1.82) is 0 Å². The Balaban J connectivity index is 2.31. The van der Waals surface area contributed by atoms with Crippen molar-refractivity contribution in [3.05, 3.63) is 29.8 Å². The van der Waals surface area contributed by atoms with Crippen LogP contribution in [-0.2, 0) is 9.22 Å². The quantitative estimate of drug-likeness (QED) is 0.464. The van der Waals surface area contributed by atoms with Gasteiger partial charge in [0.05, 0.1) is 0 Å². The van der Waals surface area contributed by atoms with Gasteiger partial charge in [-0.25, -0.2) is 4.79 Å². The molecule has 0 aromatic heterocycles. The maximum Gasteiger partial charge on any atom is 0.407 e. The van der Waals surface area contributed by atoms with Crippen molar-refractivity contribution >= 4 is 31.3 Å². The molecular weight excluding hydrogens is 402 g/mol. The number of hydrogen-bond acceptors (Lipinski definition) is 4. The zero-order valence-corrected chi connectivity index (χ0v) is 20.5. The summed E-state index contributed by atoms with van der Waals surface area (Å²) in [4.78, 5) is 25.7. The van der Waals surface area contributed by atoms with E-state index in [-0.39, 0.29) is 28.0 Å². The molecule has 3 atom stereocenters. The lowest BCUT2D eigenvalue weighted by Crippen LogP contribution is -2.52. The van der Waals surface area contributed by atoms with Crippen LogP contribution < -0.4 is 0 Å². The molecule has 1 fully saturated rings. The maximum absolute atomic E-state index is 11.7. The molecule has 1 N–H and O–H groups in total. The number of thioether (sulfide) groups is 1. The summed E-state index contributed by atoms with van der Waals surface area (Å²) in [5.74, 6) is 0.282. The van der Waals surface area contributed by atoms with Crippen LogP contribution in [0.5, 0.6) is 0 Å². The minimum atomic E-state index is -1.95. The van der Waals surface area contributed by atoms with Gasteiger partial charge in [-0.15, -0.1) is 0 Å². The van der Waals surface area contributed by atoms with Crippen LogP contribution in [0.4, 0.5) is 4.79 Å². The van der Waals surface area contributed by atoms with Gasteiger partial charge in [-0.05, 0) is 55.1 Å². The summed E-state index contributed by atoms with van der Waals surface area (Å²) in [5.41, 5.74) is 1.16. The molecule has 0 aliphatic carbocycles. The van der Waals surface area contributed by atoms with Crippen LogP contribution in [-0.4, -0.2) is 48.7 Å². The van der Waals surface area contributed by atoms with Gasteiger partial charge in [-0.2, -0.15) is 0 Å². The van der Waals surface area contributed by atoms with Crippen molar-refractivity contribution < 1.29 is 19.1 Å². The summed E-state index contributed by atoms with van der Waals surface area (Å²) in [6.07, 6.45) is -0.106. The number of carboxylic acid groups (broad SMARTS) is 1. The topological polar surface area (TPSA) is 66.8 Å². The molecule has 1 aliphatic rings. The van der Waals surface area contributed by atoms with E-state index in [0.717, 1.165) is 16.9 Å². The van der Waals surface area contributed by atoms with E-state index in [2.05, 4.69) is 46.0 Å². The van der Waals surface area contributed by atoms with Crippen molar-refractivity contribution in [1.82, 2.24) is 4.90 Å². The second-order valence-electron chi connectivity index (χ2n) is 9.51. The Hall–Kier alpha value is -1.31. The molecule has 0 radical (unpaired) electrons. The largest absolute Gasteiger partial charge is 0.465 e. The average molecular weight is 438 g/mol. The SMILES string of the molecule is CC(=O)Sc1cccc(C2CCN(C(=O)O)[C@H](C)[C@H]2CO[Si](C)(C)C(C)(C)C)c1. The van der Waals surface area contributed by atoms with Gasteiger partial charge in [0.1, 0.15) is 0 Å². The zero-order valence-electron chi connectivity index (χ0n) is 18.7. The molecule has 29 heavy (non-hydrogen) atoms. The number of carbonyl (C=O) groups is 2. The predicted octanol–water partition coefficient (Wildman–Crippen LogP) is 5.82. The van der Waals surface area contributed by atoms with Crippen LogP contribution >= 0.6 is 11.8 Å². The fourth-order valence-electron chi connectivity index (χ4n) is 3.70. The Morgan fingerprint density at radius 1 is 1.31 bits per heavy atom. The molecular formula is C22H35NO4SSi. The summed E-state index contributed by atoms with van der Waals surface area (Å²) < 4.78 is 6.54. The van der Waals surface area contributed by atoms with Crippen LogP contribution in [0.25, 0.3) is 0 Å². The molecule has 1 heterocycles. The first-order valence-corrected chi connectivity index (χ1v) is 14.0. The lowest BCUT2D eigenvalue weighted by atomic mass is 9.77. The van der Waals surface area contributed by atoms with Crippen LogP contribution in [0.3, 0.4) is 0 Å². The van der Waals surface area contributed by atoms with E-state index in [1.165, 1.54) is 11.8 Å². The Labute approximate surface area is 180 Å². The van der Waals surface area contributed by atoms with Crippen LogP contribution in [0.2, 0.25) is 18.1 Å². The third-order valence-corrected chi connectivity index (χ3v) is 11.8. The zero-order chi connectivity index (χ0) is 22.0. The van der Waals surface area contributed by atoms with Gasteiger partial charge in [0.2, 0.25) is 0 Å². The summed E-state index contributed by atoms with van der Waals surface area (Å²) in [6.45, 7) is 15.7. The first kappa shape index (κ1) is 24.0. The van der Waals surface area contributed by atoms with Crippen molar-refractivity contribution in [3.8, 4) is 0 Å². The van der Waals surface area contributed by atoms with Crippen LogP contribution in [0.15, 0.2) is 29.2 Å². The number of piperidine rings is 1. The highest BCUT2D eigenvalue weighted by Gasteiger charge is 2.42.